The summed E-state index contributed by atoms with van der Waals surface area (Å²) >= 11 is 6.00. The second-order valence-electron chi connectivity index (χ2n) is 4.41. The molecule has 0 saturated heterocycles. The molecule has 0 spiro atoms. The van der Waals surface area contributed by atoms with E-state index in [9.17, 15) is 4.79 Å². The fourth-order valence-corrected chi connectivity index (χ4v) is 1.91. The van der Waals surface area contributed by atoms with Gasteiger partial charge in [-0.3, -0.25) is 4.79 Å². The van der Waals surface area contributed by atoms with Crippen molar-refractivity contribution in [3.05, 3.63) is 28.8 Å². The molecule has 18 heavy (non-hydrogen) atoms. The van der Waals surface area contributed by atoms with Crippen molar-refractivity contribution < 1.29 is 4.79 Å². The van der Waals surface area contributed by atoms with E-state index >= 15 is 0 Å². The van der Waals surface area contributed by atoms with Crippen LogP contribution in [0.25, 0.3) is 0 Å². The zero-order chi connectivity index (χ0) is 13.4. The van der Waals surface area contributed by atoms with Crippen LogP contribution in [0.4, 0.5) is 5.69 Å². The van der Waals surface area contributed by atoms with Gasteiger partial charge in [0.05, 0.1) is 0 Å². The van der Waals surface area contributed by atoms with Crippen LogP contribution in [0.5, 0.6) is 0 Å². The Kier molecular flexibility index (Phi) is 6.76. The van der Waals surface area contributed by atoms with Gasteiger partial charge in [-0.05, 0) is 44.0 Å². The predicted octanol–water partition coefficient (Wildman–Crippen LogP) is 3.50. The van der Waals surface area contributed by atoms with Crippen LogP contribution < -0.4 is 11.1 Å². The molecule has 4 heteroatoms. The van der Waals surface area contributed by atoms with Crippen molar-refractivity contribution >= 4 is 23.2 Å². The van der Waals surface area contributed by atoms with Crippen LogP contribution in [0.2, 0.25) is 5.02 Å². The monoisotopic (exact) mass is 268 g/mol. The zero-order valence-electron chi connectivity index (χ0n) is 10.8. The smallest absolute Gasteiger partial charge is 0.224 e. The van der Waals surface area contributed by atoms with Crippen molar-refractivity contribution in [3.8, 4) is 0 Å². The van der Waals surface area contributed by atoms with Crippen LogP contribution in [-0.4, -0.2) is 12.5 Å². The average Bonchev–Trinajstić information content (AvgIpc) is 2.35. The van der Waals surface area contributed by atoms with Crippen LogP contribution in [0, 0.1) is 6.92 Å². The van der Waals surface area contributed by atoms with E-state index in [0.717, 1.165) is 43.5 Å². The number of halogens is 1. The van der Waals surface area contributed by atoms with Crippen molar-refractivity contribution in [1.82, 2.24) is 0 Å². The van der Waals surface area contributed by atoms with Gasteiger partial charge in [0.2, 0.25) is 5.91 Å². The number of anilines is 1. The summed E-state index contributed by atoms with van der Waals surface area (Å²) in [7, 11) is 0. The van der Waals surface area contributed by atoms with Gasteiger partial charge in [0, 0.05) is 17.1 Å². The highest BCUT2D eigenvalue weighted by atomic mass is 35.5. The van der Waals surface area contributed by atoms with Gasteiger partial charge in [-0.2, -0.15) is 0 Å². The molecule has 0 aliphatic heterocycles. The lowest BCUT2D eigenvalue weighted by atomic mass is 10.1. The number of carbonyl (C=O) groups excluding carboxylic acids is 1. The fourth-order valence-electron chi connectivity index (χ4n) is 1.74. The number of nitrogens with one attached hydrogen (secondary N) is 1. The van der Waals surface area contributed by atoms with Gasteiger partial charge < -0.3 is 11.1 Å². The number of unbranched alkanes of at least 4 members (excludes halogenated alkanes) is 3. The zero-order valence-corrected chi connectivity index (χ0v) is 11.6. The predicted molar refractivity (Wildman–Crippen MR) is 77.0 cm³/mol. The molecule has 0 unspecified atom stereocenters. The minimum absolute atomic E-state index is 0.0492. The molecule has 3 nitrogen and oxygen atoms in total. The molecule has 0 saturated carbocycles. The minimum atomic E-state index is 0.0492. The molecule has 0 radical (unpaired) electrons. The summed E-state index contributed by atoms with van der Waals surface area (Å²) in [5.41, 5.74) is 7.12. The van der Waals surface area contributed by atoms with Gasteiger partial charge in [0.25, 0.3) is 0 Å². The number of benzene rings is 1. The second kappa shape index (κ2) is 8.11. The Bertz CT molecular complexity index is 393. The van der Waals surface area contributed by atoms with Gasteiger partial charge >= 0.3 is 0 Å². The van der Waals surface area contributed by atoms with Gasteiger partial charge in [-0.15, -0.1) is 0 Å². The molecule has 0 atom stereocenters. The van der Waals surface area contributed by atoms with Crippen molar-refractivity contribution in [2.24, 2.45) is 5.73 Å². The van der Waals surface area contributed by atoms with E-state index in [-0.39, 0.29) is 5.91 Å². The van der Waals surface area contributed by atoms with Crippen molar-refractivity contribution in [2.45, 2.75) is 39.0 Å². The maximum absolute atomic E-state index is 11.7. The molecule has 0 fully saturated rings. The number of hydrogen-bond donors (Lipinski definition) is 2. The van der Waals surface area contributed by atoms with Crippen molar-refractivity contribution in [2.75, 3.05) is 11.9 Å². The molecule has 3 N–H and O–H groups in total. The van der Waals surface area contributed by atoms with E-state index in [1.54, 1.807) is 0 Å². The summed E-state index contributed by atoms with van der Waals surface area (Å²) in [6, 6.07) is 5.53. The SMILES string of the molecule is Cc1c(Cl)cccc1NC(=O)CCCCCCN. The summed E-state index contributed by atoms with van der Waals surface area (Å²) in [5.74, 6) is 0.0492. The molecular weight excluding hydrogens is 248 g/mol. The molecule has 0 bridgehead atoms. The summed E-state index contributed by atoms with van der Waals surface area (Å²) in [5, 5.41) is 3.57. The summed E-state index contributed by atoms with van der Waals surface area (Å²) < 4.78 is 0. The van der Waals surface area contributed by atoms with Crippen LogP contribution >= 0.6 is 11.6 Å². The summed E-state index contributed by atoms with van der Waals surface area (Å²) in [6.07, 6.45) is 4.65. The van der Waals surface area contributed by atoms with Crippen molar-refractivity contribution in [3.63, 3.8) is 0 Å². The average molecular weight is 269 g/mol. The van der Waals surface area contributed by atoms with Crippen molar-refractivity contribution in [1.29, 1.82) is 0 Å². The maximum Gasteiger partial charge on any atom is 0.224 e. The lowest BCUT2D eigenvalue weighted by Gasteiger charge is -2.09. The maximum atomic E-state index is 11.7. The highest BCUT2D eigenvalue weighted by Crippen LogP contribution is 2.23. The highest BCUT2D eigenvalue weighted by molar-refractivity contribution is 6.31. The Morgan fingerprint density at radius 2 is 2.00 bits per heavy atom. The standard InChI is InChI=1S/C14H21ClN2O/c1-11-12(15)7-6-8-13(11)17-14(18)9-4-2-3-5-10-16/h6-8H,2-5,9-10,16H2,1H3,(H,17,18). The quantitative estimate of drug-likeness (QED) is 0.744. The third kappa shape index (κ3) is 5.07. The van der Waals surface area contributed by atoms with Gasteiger partial charge in [0.1, 0.15) is 0 Å². The number of nitrogens with two attached hydrogens (primary N) is 1. The van der Waals surface area contributed by atoms with E-state index in [4.69, 9.17) is 17.3 Å². The Balaban J connectivity index is 2.34. The molecule has 100 valence electrons. The first-order valence-electron chi connectivity index (χ1n) is 6.40. The lowest BCUT2D eigenvalue weighted by Crippen LogP contribution is -2.12. The van der Waals surface area contributed by atoms with E-state index in [0.29, 0.717) is 11.4 Å². The Hall–Kier alpha value is -1.06. The van der Waals surface area contributed by atoms with Crippen LogP contribution in [-0.2, 0) is 4.79 Å². The van der Waals surface area contributed by atoms with Crippen LogP contribution in [0.1, 0.15) is 37.7 Å². The number of hydrogen-bond acceptors (Lipinski definition) is 2. The van der Waals surface area contributed by atoms with Crippen LogP contribution in [0.3, 0.4) is 0 Å². The number of amides is 1. The number of rotatable bonds is 7. The fraction of sp³-hybridized carbons (Fsp3) is 0.500. The lowest BCUT2D eigenvalue weighted by molar-refractivity contribution is -0.116. The van der Waals surface area contributed by atoms with Gasteiger partial charge in [-0.1, -0.05) is 30.5 Å². The molecule has 1 aromatic rings. The van der Waals surface area contributed by atoms with E-state index in [1.807, 2.05) is 25.1 Å². The van der Waals surface area contributed by atoms with E-state index in [2.05, 4.69) is 5.32 Å². The summed E-state index contributed by atoms with van der Waals surface area (Å²) in [4.78, 5) is 11.7. The summed E-state index contributed by atoms with van der Waals surface area (Å²) in [6.45, 7) is 2.63. The largest absolute Gasteiger partial charge is 0.330 e. The van der Waals surface area contributed by atoms with Crippen LogP contribution in [0.15, 0.2) is 18.2 Å². The molecular formula is C14H21ClN2O. The molecule has 1 amide bonds. The van der Waals surface area contributed by atoms with E-state index < -0.39 is 0 Å². The topological polar surface area (TPSA) is 55.1 Å². The van der Waals surface area contributed by atoms with Gasteiger partial charge in [-0.25, -0.2) is 0 Å². The highest BCUT2D eigenvalue weighted by Gasteiger charge is 2.06. The normalized spacial score (nSPS) is 10.4. The minimum Gasteiger partial charge on any atom is -0.330 e. The third-order valence-corrected chi connectivity index (χ3v) is 3.31. The molecule has 0 aromatic heterocycles. The first-order chi connectivity index (χ1) is 8.65. The molecule has 0 heterocycles. The molecule has 1 rings (SSSR count). The van der Waals surface area contributed by atoms with E-state index in [1.165, 1.54) is 0 Å². The Labute approximate surface area is 114 Å². The van der Waals surface area contributed by atoms with Gasteiger partial charge in [0.15, 0.2) is 0 Å². The molecule has 1 aromatic carbocycles. The Morgan fingerprint density at radius 3 is 2.72 bits per heavy atom. The molecule has 0 aliphatic carbocycles. The first-order valence-corrected chi connectivity index (χ1v) is 6.78. The number of carbonyl (C=O) groups is 1. The second-order valence-corrected chi connectivity index (χ2v) is 4.82. The Morgan fingerprint density at radius 1 is 1.28 bits per heavy atom. The first kappa shape index (κ1) is 15.0. The molecule has 0 aliphatic rings. The third-order valence-electron chi connectivity index (χ3n) is 2.90.